The van der Waals surface area contributed by atoms with Gasteiger partial charge in [0, 0.05) is 5.57 Å². The molecule has 0 amide bonds. The standard InChI is InChI=1S/C13H24O2/c1-5-7-8-9-10-11(3)12(4)13(14)15-6-2/h5-10H2,1-4H3. The molecule has 0 fully saturated rings. The van der Waals surface area contributed by atoms with Crippen LogP contribution in [0.1, 0.15) is 59.8 Å². The van der Waals surface area contributed by atoms with Crippen molar-refractivity contribution in [1.29, 1.82) is 0 Å². The monoisotopic (exact) mass is 212 g/mol. The Kier molecular flexibility index (Phi) is 8.06. The summed E-state index contributed by atoms with van der Waals surface area (Å²) in [4.78, 5) is 11.4. The zero-order chi connectivity index (χ0) is 11.7. The van der Waals surface area contributed by atoms with Crippen LogP contribution in [0.2, 0.25) is 0 Å². The average molecular weight is 212 g/mol. The van der Waals surface area contributed by atoms with E-state index in [1.165, 1.54) is 31.3 Å². The lowest BCUT2D eigenvalue weighted by Gasteiger charge is -2.07. The van der Waals surface area contributed by atoms with E-state index in [4.69, 9.17) is 4.74 Å². The molecule has 0 aromatic heterocycles. The molecule has 2 nitrogen and oxygen atoms in total. The van der Waals surface area contributed by atoms with Crippen molar-refractivity contribution in [2.24, 2.45) is 0 Å². The second kappa shape index (κ2) is 8.51. The number of carbonyl (C=O) groups is 1. The van der Waals surface area contributed by atoms with Crippen LogP contribution in [0.4, 0.5) is 0 Å². The maximum Gasteiger partial charge on any atom is 0.333 e. The molecule has 0 rings (SSSR count). The Labute approximate surface area is 93.7 Å². The molecular weight excluding hydrogens is 188 g/mol. The van der Waals surface area contributed by atoms with Crippen LogP contribution in [0.3, 0.4) is 0 Å². The summed E-state index contributed by atoms with van der Waals surface area (Å²) in [6.45, 7) is 8.37. The molecular formula is C13H24O2. The van der Waals surface area contributed by atoms with Gasteiger partial charge < -0.3 is 4.74 Å². The van der Waals surface area contributed by atoms with E-state index in [-0.39, 0.29) is 5.97 Å². The Hall–Kier alpha value is -0.790. The smallest absolute Gasteiger partial charge is 0.333 e. The van der Waals surface area contributed by atoms with Crippen LogP contribution < -0.4 is 0 Å². The Bertz CT molecular complexity index is 217. The van der Waals surface area contributed by atoms with E-state index < -0.39 is 0 Å². The van der Waals surface area contributed by atoms with Crippen LogP contribution in [-0.4, -0.2) is 12.6 Å². The normalized spacial score (nSPS) is 12.3. The fourth-order valence-electron chi connectivity index (χ4n) is 1.42. The molecule has 15 heavy (non-hydrogen) atoms. The van der Waals surface area contributed by atoms with E-state index in [0.717, 1.165) is 12.0 Å². The van der Waals surface area contributed by atoms with Gasteiger partial charge >= 0.3 is 5.97 Å². The molecule has 0 atom stereocenters. The largest absolute Gasteiger partial charge is 0.463 e. The van der Waals surface area contributed by atoms with Gasteiger partial charge in [0.2, 0.25) is 0 Å². The van der Waals surface area contributed by atoms with Gasteiger partial charge in [-0.2, -0.15) is 0 Å². The van der Waals surface area contributed by atoms with Crippen LogP contribution >= 0.6 is 0 Å². The average Bonchev–Trinajstić information content (AvgIpc) is 2.23. The molecule has 0 unspecified atom stereocenters. The molecule has 88 valence electrons. The van der Waals surface area contributed by atoms with E-state index in [2.05, 4.69) is 6.92 Å². The number of rotatable bonds is 7. The van der Waals surface area contributed by atoms with E-state index in [0.29, 0.717) is 6.61 Å². The summed E-state index contributed by atoms with van der Waals surface area (Å²) in [5.41, 5.74) is 1.96. The summed E-state index contributed by atoms with van der Waals surface area (Å²) in [7, 11) is 0. The van der Waals surface area contributed by atoms with Gasteiger partial charge in [0.1, 0.15) is 0 Å². The van der Waals surface area contributed by atoms with Crippen molar-refractivity contribution in [1.82, 2.24) is 0 Å². The van der Waals surface area contributed by atoms with Crippen LogP contribution in [0.5, 0.6) is 0 Å². The molecule has 0 aliphatic carbocycles. The Morgan fingerprint density at radius 2 is 1.73 bits per heavy atom. The van der Waals surface area contributed by atoms with E-state index >= 15 is 0 Å². The first-order valence-electron chi connectivity index (χ1n) is 5.96. The summed E-state index contributed by atoms with van der Waals surface area (Å²) in [6, 6.07) is 0. The Morgan fingerprint density at radius 1 is 1.07 bits per heavy atom. The van der Waals surface area contributed by atoms with Crippen molar-refractivity contribution in [2.45, 2.75) is 59.8 Å². The van der Waals surface area contributed by atoms with Gasteiger partial charge in [-0.1, -0.05) is 31.8 Å². The van der Waals surface area contributed by atoms with E-state index in [1.54, 1.807) is 0 Å². The summed E-state index contributed by atoms with van der Waals surface area (Å²) >= 11 is 0. The van der Waals surface area contributed by atoms with Crippen molar-refractivity contribution in [3.63, 3.8) is 0 Å². The van der Waals surface area contributed by atoms with Gasteiger partial charge in [-0.05, 0) is 33.6 Å². The van der Waals surface area contributed by atoms with Crippen LogP contribution in [0.15, 0.2) is 11.1 Å². The fraction of sp³-hybridized carbons (Fsp3) is 0.769. The zero-order valence-corrected chi connectivity index (χ0v) is 10.6. The molecule has 0 radical (unpaired) electrons. The Balaban J connectivity index is 3.97. The lowest BCUT2D eigenvalue weighted by atomic mass is 10.0. The number of carbonyl (C=O) groups excluding carboxylic acids is 1. The lowest BCUT2D eigenvalue weighted by Crippen LogP contribution is -2.07. The quantitative estimate of drug-likeness (QED) is 0.364. The summed E-state index contributed by atoms with van der Waals surface area (Å²) in [6.07, 6.45) is 5.98. The first kappa shape index (κ1) is 14.2. The van der Waals surface area contributed by atoms with Crippen molar-refractivity contribution in [3.8, 4) is 0 Å². The predicted molar refractivity (Wildman–Crippen MR) is 63.8 cm³/mol. The molecule has 0 aliphatic rings. The third-order valence-electron chi connectivity index (χ3n) is 2.63. The first-order valence-corrected chi connectivity index (χ1v) is 5.96. The number of esters is 1. The van der Waals surface area contributed by atoms with E-state index in [9.17, 15) is 4.79 Å². The van der Waals surface area contributed by atoms with Gasteiger partial charge in [0.15, 0.2) is 0 Å². The van der Waals surface area contributed by atoms with Crippen LogP contribution in [-0.2, 0) is 9.53 Å². The van der Waals surface area contributed by atoms with Crippen LogP contribution in [0.25, 0.3) is 0 Å². The van der Waals surface area contributed by atoms with Crippen LogP contribution in [0, 0.1) is 0 Å². The minimum Gasteiger partial charge on any atom is -0.463 e. The fourth-order valence-corrected chi connectivity index (χ4v) is 1.42. The van der Waals surface area contributed by atoms with Gasteiger partial charge in [-0.15, -0.1) is 0 Å². The molecule has 0 spiro atoms. The SMILES string of the molecule is CCCCCCC(C)=C(C)C(=O)OCC. The van der Waals surface area contributed by atoms with Crippen molar-refractivity contribution < 1.29 is 9.53 Å². The summed E-state index contributed by atoms with van der Waals surface area (Å²) in [5, 5.41) is 0. The third-order valence-corrected chi connectivity index (χ3v) is 2.63. The highest BCUT2D eigenvalue weighted by molar-refractivity contribution is 5.88. The molecule has 0 aromatic carbocycles. The van der Waals surface area contributed by atoms with Crippen molar-refractivity contribution in [3.05, 3.63) is 11.1 Å². The topological polar surface area (TPSA) is 26.3 Å². The Morgan fingerprint density at radius 3 is 2.27 bits per heavy atom. The molecule has 0 aromatic rings. The molecule has 0 aliphatic heterocycles. The van der Waals surface area contributed by atoms with Gasteiger partial charge in [-0.3, -0.25) is 0 Å². The molecule has 0 heterocycles. The molecule has 0 bridgehead atoms. The highest BCUT2D eigenvalue weighted by atomic mass is 16.5. The second-order valence-electron chi connectivity index (χ2n) is 3.94. The number of hydrogen-bond acceptors (Lipinski definition) is 2. The minimum absolute atomic E-state index is 0.162. The predicted octanol–water partition coefficient (Wildman–Crippen LogP) is 3.86. The van der Waals surface area contributed by atoms with Crippen molar-refractivity contribution >= 4 is 5.97 Å². The van der Waals surface area contributed by atoms with Crippen molar-refractivity contribution in [2.75, 3.05) is 6.61 Å². The molecule has 2 heteroatoms. The summed E-state index contributed by atoms with van der Waals surface area (Å²) in [5.74, 6) is -0.162. The second-order valence-corrected chi connectivity index (χ2v) is 3.94. The number of allylic oxidation sites excluding steroid dienone is 1. The molecule has 0 N–H and O–H groups in total. The minimum atomic E-state index is -0.162. The number of hydrogen-bond donors (Lipinski definition) is 0. The molecule has 0 saturated heterocycles. The lowest BCUT2D eigenvalue weighted by molar-refractivity contribution is -0.138. The van der Waals surface area contributed by atoms with Gasteiger partial charge in [0.05, 0.1) is 6.61 Å². The maximum absolute atomic E-state index is 11.4. The zero-order valence-electron chi connectivity index (χ0n) is 10.6. The van der Waals surface area contributed by atoms with Gasteiger partial charge in [0.25, 0.3) is 0 Å². The number of ether oxygens (including phenoxy) is 1. The summed E-state index contributed by atoms with van der Waals surface area (Å²) < 4.78 is 4.96. The third kappa shape index (κ3) is 6.32. The highest BCUT2D eigenvalue weighted by Gasteiger charge is 2.07. The molecule has 0 saturated carbocycles. The van der Waals surface area contributed by atoms with E-state index in [1.807, 2.05) is 20.8 Å². The highest BCUT2D eigenvalue weighted by Crippen LogP contribution is 2.14. The van der Waals surface area contributed by atoms with Gasteiger partial charge in [-0.25, -0.2) is 4.79 Å². The first-order chi connectivity index (χ1) is 7.13. The number of unbranched alkanes of at least 4 members (excludes halogenated alkanes) is 3. The maximum atomic E-state index is 11.4.